The summed E-state index contributed by atoms with van der Waals surface area (Å²) in [6.45, 7) is 3.94. The molecule has 0 radical (unpaired) electrons. The Balaban J connectivity index is 1.91. The molecule has 2 aliphatic heterocycles. The number of fused-ring (bicyclic) bond motifs is 4. The SMILES string of the molecule is CC1(C)C=Cc2c(cc(O)c3c2Nc2c(O)cccc2C3)O1. The van der Waals surface area contributed by atoms with Crippen molar-refractivity contribution >= 4 is 17.5 Å². The Kier molecular flexibility index (Phi) is 2.49. The first kappa shape index (κ1) is 13.1. The van der Waals surface area contributed by atoms with Crippen molar-refractivity contribution in [3.63, 3.8) is 0 Å². The van der Waals surface area contributed by atoms with Crippen LogP contribution in [-0.2, 0) is 6.42 Å². The van der Waals surface area contributed by atoms with Crippen LogP contribution in [0.5, 0.6) is 17.2 Å². The Morgan fingerprint density at radius 2 is 1.95 bits per heavy atom. The van der Waals surface area contributed by atoms with E-state index < -0.39 is 5.60 Å². The highest BCUT2D eigenvalue weighted by molar-refractivity contribution is 5.87. The molecule has 3 N–H and O–H groups in total. The monoisotopic (exact) mass is 295 g/mol. The third-order valence-corrected chi connectivity index (χ3v) is 4.18. The van der Waals surface area contributed by atoms with Gasteiger partial charge in [-0.2, -0.15) is 0 Å². The summed E-state index contributed by atoms with van der Waals surface area (Å²) >= 11 is 0. The highest BCUT2D eigenvalue weighted by atomic mass is 16.5. The molecule has 0 bridgehead atoms. The number of phenols is 2. The molecule has 0 atom stereocenters. The largest absolute Gasteiger partial charge is 0.507 e. The Labute approximate surface area is 128 Å². The molecule has 0 unspecified atom stereocenters. The maximum absolute atomic E-state index is 10.4. The van der Waals surface area contributed by atoms with Gasteiger partial charge in [0.1, 0.15) is 22.8 Å². The normalized spacial score (nSPS) is 16.8. The molecule has 2 aromatic carbocycles. The Hall–Kier alpha value is -2.62. The summed E-state index contributed by atoms with van der Waals surface area (Å²) in [6, 6.07) is 7.08. The number of ether oxygens (including phenoxy) is 1. The van der Waals surface area contributed by atoms with E-state index in [1.165, 1.54) is 0 Å². The number of anilines is 2. The smallest absolute Gasteiger partial charge is 0.139 e. The van der Waals surface area contributed by atoms with Gasteiger partial charge in [-0.3, -0.25) is 0 Å². The van der Waals surface area contributed by atoms with E-state index in [2.05, 4.69) is 5.32 Å². The van der Waals surface area contributed by atoms with Crippen molar-refractivity contribution < 1.29 is 14.9 Å². The molecule has 2 heterocycles. The molecule has 2 aliphatic rings. The molecule has 0 fully saturated rings. The first-order valence-electron chi connectivity index (χ1n) is 7.29. The molecule has 0 saturated heterocycles. The number of para-hydroxylation sites is 1. The zero-order valence-electron chi connectivity index (χ0n) is 12.5. The molecule has 0 aliphatic carbocycles. The van der Waals surface area contributed by atoms with Crippen LogP contribution in [-0.4, -0.2) is 15.8 Å². The van der Waals surface area contributed by atoms with Crippen LogP contribution in [0.3, 0.4) is 0 Å². The third kappa shape index (κ3) is 1.84. The van der Waals surface area contributed by atoms with Crippen molar-refractivity contribution in [1.29, 1.82) is 0 Å². The van der Waals surface area contributed by atoms with Crippen LogP contribution in [0.25, 0.3) is 6.08 Å². The first-order valence-corrected chi connectivity index (χ1v) is 7.29. The van der Waals surface area contributed by atoms with E-state index in [1.54, 1.807) is 12.1 Å². The van der Waals surface area contributed by atoms with Crippen LogP contribution in [0, 0.1) is 0 Å². The lowest BCUT2D eigenvalue weighted by atomic mass is 9.91. The Morgan fingerprint density at radius 3 is 2.77 bits per heavy atom. The number of benzene rings is 2. The summed E-state index contributed by atoms with van der Waals surface area (Å²) < 4.78 is 5.94. The van der Waals surface area contributed by atoms with E-state index in [1.807, 2.05) is 38.1 Å². The molecule has 4 nitrogen and oxygen atoms in total. The Morgan fingerprint density at radius 1 is 1.14 bits per heavy atom. The Bertz CT molecular complexity index is 822. The number of hydrogen-bond acceptors (Lipinski definition) is 4. The van der Waals surface area contributed by atoms with E-state index in [0.29, 0.717) is 17.9 Å². The summed E-state index contributed by atoms with van der Waals surface area (Å²) in [6.07, 6.45) is 4.58. The molecule has 0 spiro atoms. The number of hydrogen-bond donors (Lipinski definition) is 3. The van der Waals surface area contributed by atoms with Crippen LogP contribution in [0.4, 0.5) is 11.4 Å². The second kappa shape index (κ2) is 4.19. The minimum atomic E-state index is -0.400. The summed E-state index contributed by atoms with van der Waals surface area (Å²) in [5, 5.41) is 23.7. The second-order valence-corrected chi connectivity index (χ2v) is 6.31. The van der Waals surface area contributed by atoms with Gasteiger partial charge >= 0.3 is 0 Å². The molecule has 2 aromatic rings. The molecule has 0 aromatic heterocycles. The fourth-order valence-electron chi connectivity index (χ4n) is 3.07. The van der Waals surface area contributed by atoms with Gasteiger partial charge in [0.25, 0.3) is 0 Å². The number of rotatable bonds is 0. The zero-order valence-corrected chi connectivity index (χ0v) is 12.5. The average Bonchev–Trinajstić information content (AvgIpc) is 2.45. The van der Waals surface area contributed by atoms with E-state index in [9.17, 15) is 10.2 Å². The highest BCUT2D eigenvalue weighted by Crippen LogP contribution is 2.48. The second-order valence-electron chi connectivity index (χ2n) is 6.31. The van der Waals surface area contributed by atoms with Gasteiger partial charge in [0.15, 0.2) is 0 Å². The van der Waals surface area contributed by atoms with Gasteiger partial charge in [-0.15, -0.1) is 0 Å². The number of phenolic OH excluding ortho intramolecular Hbond substituents is 2. The van der Waals surface area contributed by atoms with Gasteiger partial charge in [0.05, 0.1) is 11.4 Å². The van der Waals surface area contributed by atoms with Gasteiger partial charge in [0.2, 0.25) is 0 Å². The quantitative estimate of drug-likeness (QED) is 0.550. The molecule has 0 amide bonds. The van der Waals surface area contributed by atoms with Crippen molar-refractivity contribution in [2.75, 3.05) is 5.32 Å². The average molecular weight is 295 g/mol. The van der Waals surface area contributed by atoms with Crippen LogP contribution >= 0.6 is 0 Å². The van der Waals surface area contributed by atoms with Gasteiger partial charge in [-0.05, 0) is 37.6 Å². The molecule has 4 rings (SSSR count). The van der Waals surface area contributed by atoms with Crippen molar-refractivity contribution in [1.82, 2.24) is 0 Å². The van der Waals surface area contributed by atoms with Gasteiger partial charge in [-0.25, -0.2) is 0 Å². The van der Waals surface area contributed by atoms with Crippen molar-refractivity contribution in [3.8, 4) is 17.2 Å². The standard InChI is InChI=1S/C18H17NO3/c1-18(2)7-6-11-15(22-18)9-14(21)12-8-10-4-3-5-13(20)16(10)19-17(11)12/h3-7,9,19-21H,8H2,1-2H3. The third-order valence-electron chi connectivity index (χ3n) is 4.18. The van der Waals surface area contributed by atoms with E-state index in [0.717, 1.165) is 22.4 Å². The fraction of sp³-hybridized carbons (Fsp3) is 0.222. The predicted molar refractivity (Wildman–Crippen MR) is 86.0 cm³/mol. The fourth-order valence-corrected chi connectivity index (χ4v) is 3.07. The van der Waals surface area contributed by atoms with Crippen LogP contribution in [0.1, 0.15) is 30.5 Å². The van der Waals surface area contributed by atoms with Crippen LogP contribution in [0.15, 0.2) is 30.3 Å². The lowest BCUT2D eigenvalue weighted by molar-refractivity contribution is 0.158. The molecule has 4 heteroatoms. The summed E-state index contributed by atoms with van der Waals surface area (Å²) in [5.41, 5.74) is 3.79. The zero-order chi connectivity index (χ0) is 15.5. The predicted octanol–water partition coefficient (Wildman–Crippen LogP) is 3.93. The molecule has 22 heavy (non-hydrogen) atoms. The van der Waals surface area contributed by atoms with E-state index in [4.69, 9.17) is 4.74 Å². The molecular formula is C18H17NO3. The summed E-state index contributed by atoms with van der Waals surface area (Å²) in [7, 11) is 0. The van der Waals surface area contributed by atoms with Gasteiger partial charge in [-0.1, -0.05) is 12.1 Å². The van der Waals surface area contributed by atoms with Gasteiger partial charge in [0, 0.05) is 23.6 Å². The van der Waals surface area contributed by atoms with Crippen molar-refractivity contribution in [2.45, 2.75) is 25.9 Å². The van der Waals surface area contributed by atoms with Crippen molar-refractivity contribution in [2.24, 2.45) is 0 Å². The number of nitrogens with one attached hydrogen (secondary N) is 1. The van der Waals surface area contributed by atoms with E-state index in [-0.39, 0.29) is 11.5 Å². The van der Waals surface area contributed by atoms with Crippen LogP contribution in [0.2, 0.25) is 0 Å². The first-order chi connectivity index (χ1) is 10.4. The summed E-state index contributed by atoms with van der Waals surface area (Å²) in [4.78, 5) is 0. The van der Waals surface area contributed by atoms with Crippen molar-refractivity contribution in [3.05, 3.63) is 47.0 Å². The number of aromatic hydroxyl groups is 2. The molecule has 112 valence electrons. The minimum Gasteiger partial charge on any atom is -0.507 e. The topological polar surface area (TPSA) is 61.7 Å². The molecule has 0 saturated carbocycles. The lowest BCUT2D eigenvalue weighted by Crippen LogP contribution is -2.28. The molecular weight excluding hydrogens is 278 g/mol. The van der Waals surface area contributed by atoms with Gasteiger partial charge < -0.3 is 20.3 Å². The minimum absolute atomic E-state index is 0.210. The highest BCUT2D eigenvalue weighted by Gasteiger charge is 2.29. The maximum atomic E-state index is 10.4. The lowest BCUT2D eigenvalue weighted by Gasteiger charge is -2.32. The van der Waals surface area contributed by atoms with E-state index >= 15 is 0 Å². The maximum Gasteiger partial charge on any atom is 0.139 e. The summed E-state index contributed by atoms with van der Waals surface area (Å²) in [5.74, 6) is 1.07. The van der Waals surface area contributed by atoms with Crippen LogP contribution < -0.4 is 10.1 Å².